The standard InChI is InChI=1S/C24H23F2N3O5S/c1-24(2,23(25)26)20(22(31)28-32)27-21(30)18-12-8-16(9-13-18)6-4-5-7-17-10-14-19(15-11-17)29-35(3,33)34/h8-15,20,23,29,32H,1-3H3,(H,27,30)(H,28,31)/t20-/m1/s1. The first-order valence-electron chi connectivity index (χ1n) is 10.1. The number of hydrogen-bond acceptors (Lipinski definition) is 5. The molecule has 2 aromatic carbocycles. The Morgan fingerprint density at radius 3 is 1.86 bits per heavy atom. The van der Waals surface area contributed by atoms with Crippen LogP contribution in [0.3, 0.4) is 0 Å². The third-order valence-corrected chi connectivity index (χ3v) is 5.37. The molecule has 1 atom stereocenters. The maximum atomic E-state index is 13.3. The molecule has 2 rings (SSSR count). The third-order valence-electron chi connectivity index (χ3n) is 4.77. The number of rotatable bonds is 7. The summed E-state index contributed by atoms with van der Waals surface area (Å²) in [6, 6.07) is 10.6. The molecule has 4 N–H and O–H groups in total. The third kappa shape index (κ3) is 8.10. The lowest BCUT2D eigenvalue weighted by Gasteiger charge is -2.32. The summed E-state index contributed by atoms with van der Waals surface area (Å²) in [4.78, 5) is 24.3. The van der Waals surface area contributed by atoms with Crippen molar-refractivity contribution in [3.8, 4) is 23.7 Å². The van der Waals surface area contributed by atoms with Crippen molar-refractivity contribution < 1.29 is 32.0 Å². The van der Waals surface area contributed by atoms with Gasteiger partial charge in [-0.1, -0.05) is 25.7 Å². The Balaban J connectivity index is 2.07. The summed E-state index contributed by atoms with van der Waals surface area (Å²) in [5, 5.41) is 11.1. The van der Waals surface area contributed by atoms with Crippen molar-refractivity contribution in [2.24, 2.45) is 5.41 Å². The van der Waals surface area contributed by atoms with Gasteiger partial charge in [-0.2, -0.15) is 0 Å². The van der Waals surface area contributed by atoms with Gasteiger partial charge in [-0.25, -0.2) is 22.7 Å². The average Bonchev–Trinajstić information content (AvgIpc) is 2.79. The number of nitrogens with one attached hydrogen (secondary N) is 3. The van der Waals surface area contributed by atoms with Crippen LogP contribution in [-0.4, -0.2) is 44.2 Å². The molecular formula is C24H23F2N3O5S. The SMILES string of the molecule is CC(C)(C(F)F)[C@H](NC(=O)c1ccc(C#CC#Cc2ccc(NS(C)(=O)=O)cc2)cc1)C(=O)NO. The van der Waals surface area contributed by atoms with Gasteiger partial charge in [-0.05, 0) is 60.4 Å². The zero-order chi connectivity index (χ0) is 26.2. The summed E-state index contributed by atoms with van der Waals surface area (Å²) >= 11 is 0. The van der Waals surface area contributed by atoms with Crippen LogP contribution in [0.4, 0.5) is 14.5 Å². The summed E-state index contributed by atoms with van der Waals surface area (Å²) in [7, 11) is -3.36. The maximum Gasteiger partial charge on any atom is 0.266 e. The van der Waals surface area contributed by atoms with Crippen molar-refractivity contribution in [2.45, 2.75) is 26.3 Å². The molecule has 0 fully saturated rings. The van der Waals surface area contributed by atoms with E-state index in [-0.39, 0.29) is 5.56 Å². The highest BCUT2D eigenvalue weighted by Gasteiger charge is 2.43. The Hall–Kier alpha value is -3.93. The molecule has 11 heteroatoms. The fourth-order valence-corrected chi connectivity index (χ4v) is 3.31. The Morgan fingerprint density at radius 1 is 0.943 bits per heavy atom. The number of hydrogen-bond donors (Lipinski definition) is 4. The molecule has 0 aliphatic carbocycles. The first kappa shape index (κ1) is 27.3. The highest BCUT2D eigenvalue weighted by atomic mass is 32.2. The number of benzene rings is 2. The van der Waals surface area contributed by atoms with Crippen molar-refractivity contribution >= 4 is 27.5 Å². The molecular weight excluding hydrogens is 480 g/mol. The van der Waals surface area contributed by atoms with E-state index in [9.17, 15) is 26.8 Å². The number of halogens is 2. The summed E-state index contributed by atoms with van der Waals surface area (Å²) in [5.41, 5.74) is 1.03. The number of hydroxylamine groups is 1. The zero-order valence-corrected chi connectivity index (χ0v) is 19.8. The van der Waals surface area contributed by atoms with E-state index in [1.54, 1.807) is 24.3 Å². The molecule has 2 amide bonds. The van der Waals surface area contributed by atoms with Crippen molar-refractivity contribution in [2.75, 3.05) is 11.0 Å². The van der Waals surface area contributed by atoms with E-state index in [1.165, 1.54) is 29.7 Å². The van der Waals surface area contributed by atoms with Crippen LogP contribution in [0.5, 0.6) is 0 Å². The Bertz CT molecular complexity index is 1300. The second-order valence-electron chi connectivity index (χ2n) is 8.03. The van der Waals surface area contributed by atoms with E-state index >= 15 is 0 Å². The van der Waals surface area contributed by atoms with Crippen LogP contribution in [0.15, 0.2) is 48.5 Å². The first-order chi connectivity index (χ1) is 16.3. The van der Waals surface area contributed by atoms with Gasteiger partial charge in [-0.3, -0.25) is 19.5 Å². The fourth-order valence-electron chi connectivity index (χ4n) is 2.74. The molecule has 0 radical (unpaired) electrons. The summed E-state index contributed by atoms with van der Waals surface area (Å²) in [6.45, 7) is 2.19. The van der Waals surface area contributed by atoms with Crippen LogP contribution in [0.2, 0.25) is 0 Å². The predicted octanol–water partition coefficient (Wildman–Crippen LogP) is 2.36. The van der Waals surface area contributed by atoms with Gasteiger partial charge in [0.1, 0.15) is 6.04 Å². The molecule has 8 nitrogen and oxygen atoms in total. The van der Waals surface area contributed by atoms with Crippen molar-refractivity contribution in [1.29, 1.82) is 0 Å². The van der Waals surface area contributed by atoms with Crippen molar-refractivity contribution in [1.82, 2.24) is 10.8 Å². The normalized spacial score (nSPS) is 11.9. The van der Waals surface area contributed by atoms with Crippen LogP contribution >= 0.6 is 0 Å². The summed E-state index contributed by atoms with van der Waals surface area (Å²) in [5.74, 6) is 8.97. The number of alkyl halides is 2. The van der Waals surface area contributed by atoms with Gasteiger partial charge in [-0.15, -0.1) is 0 Å². The molecule has 0 unspecified atom stereocenters. The fraction of sp³-hybridized carbons (Fsp3) is 0.250. The van der Waals surface area contributed by atoms with Crippen LogP contribution < -0.4 is 15.5 Å². The topological polar surface area (TPSA) is 125 Å². The van der Waals surface area contributed by atoms with Crippen LogP contribution in [0, 0.1) is 29.1 Å². The molecule has 0 saturated carbocycles. The highest BCUT2D eigenvalue weighted by Crippen LogP contribution is 2.29. The minimum absolute atomic E-state index is 0.102. The van der Waals surface area contributed by atoms with Gasteiger partial charge < -0.3 is 5.32 Å². The molecule has 2 aromatic rings. The van der Waals surface area contributed by atoms with Gasteiger partial charge in [0, 0.05) is 22.4 Å². The van der Waals surface area contributed by atoms with Gasteiger partial charge in [0.25, 0.3) is 11.8 Å². The van der Waals surface area contributed by atoms with Crippen LogP contribution in [0.25, 0.3) is 0 Å². The molecule has 0 aliphatic rings. The minimum Gasteiger partial charge on any atom is -0.339 e. The molecule has 184 valence electrons. The van der Waals surface area contributed by atoms with E-state index in [0.717, 1.165) is 20.1 Å². The molecule has 0 aromatic heterocycles. The number of amides is 2. The van der Waals surface area contributed by atoms with E-state index in [4.69, 9.17) is 5.21 Å². The van der Waals surface area contributed by atoms with Gasteiger partial charge in [0.05, 0.1) is 11.7 Å². The smallest absolute Gasteiger partial charge is 0.266 e. The first-order valence-corrected chi connectivity index (χ1v) is 12.0. The lowest BCUT2D eigenvalue weighted by Crippen LogP contribution is -2.56. The van der Waals surface area contributed by atoms with Crippen molar-refractivity contribution in [3.05, 3.63) is 65.2 Å². The molecule has 0 saturated heterocycles. The van der Waals surface area contributed by atoms with E-state index in [1.807, 2.05) is 0 Å². The van der Waals surface area contributed by atoms with E-state index in [0.29, 0.717) is 16.8 Å². The molecule has 0 spiro atoms. The Morgan fingerprint density at radius 2 is 1.43 bits per heavy atom. The van der Waals surface area contributed by atoms with E-state index in [2.05, 4.69) is 33.7 Å². The Labute approximate surface area is 202 Å². The minimum atomic E-state index is -3.36. The average molecular weight is 504 g/mol. The summed E-state index contributed by atoms with van der Waals surface area (Å²) in [6.07, 6.45) is -1.89. The van der Waals surface area contributed by atoms with Crippen LogP contribution in [-0.2, 0) is 14.8 Å². The predicted molar refractivity (Wildman–Crippen MR) is 126 cm³/mol. The highest BCUT2D eigenvalue weighted by molar-refractivity contribution is 7.92. The largest absolute Gasteiger partial charge is 0.339 e. The van der Waals surface area contributed by atoms with E-state index < -0.39 is 39.7 Å². The number of sulfonamides is 1. The second-order valence-corrected chi connectivity index (χ2v) is 9.78. The molecule has 0 aliphatic heterocycles. The van der Waals surface area contributed by atoms with Crippen molar-refractivity contribution in [3.63, 3.8) is 0 Å². The second kappa shape index (κ2) is 11.5. The zero-order valence-electron chi connectivity index (χ0n) is 19.0. The quantitative estimate of drug-likeness (QED) is 0.262. The van der Waals surface area contributed by atoms with Crippen LogP contribution in [0.1, 0.15) is 35.3 Å². The molecule has 35 heavy (non-hydrogen) atoms. The molecule has 0 heterocycles. The van der Waals surface area contributed by atoms with Gasteiger partial charge in [0.15, 0.2) is 0 Å². The van der Waals surface area contributed by atoms with Gasteiger partial charge >= 0.3 is 0 Å². The maximum absolute atomic E-state index is 13.3. The molecule has 0 bridgehead atoms. The number of carbonyl (C=O) groups is 2. The number of carbonyl (C=O) groups excluding carboxylic acids is 2. The Kier molecular flexibility index (Phi) is 8.95. The lowest BCUT2D eigenvalue weighted by atomic mass is 9.84. The summed E-state index contributed by atoms with van der Waals surface area (Å²) < 4.78 is 51.4. The number of anilines is 1. The van der Waals surface area contributed by atoms with Gasteiger partial charge in [0.2, 0.25) is 16.4 Å². The lowest BCUT2D eigenvalue weighted by molar-refractivity contribution is -0.137. The monoisotopic (exact) mass is 503 g/mol.